The van der Waals surface area contributed by atoms with E-state index in [9.17, 15) is 0 Å². The van der Waals surface area contributed by atoms with Crippen LogP contribution in [0.1, 0.15) is 30.6 Å². The molecule has 1 aromatic carbocycles. The number of halogens is 2. The van der Waals surface area contributed by atoms with Crippen LogP contribution in [0, 0.1) is 0 Å². The summed E-state index contributed by atoms with van der Waals surface area (Å²) in [6.07, 6.45) is 3.61. The van der Waals surface area contributed by atoms with E-state index < -0.39 is 0 Å². The number of benzene rings is 1. The van der Waals surface area contributed by atoms with Gasteiger partial charge in [0.15, 0.2) is 0 Å². The predicted molar refractivity (Wildman–Crippen MR) is 80.3 cm³/mol. The van der Waals surface area contributed by atoms with E-state index in [1.165, 1.54) is 0 Å². The van der Waals surface area contributed by atoms with Crippen molar-refractivity contribution in [3.63, 3.8) is 0 Å². The molecule has 0 aliphatic carbocycles. The van der Waals surface area contributed by atoms with E-state index in [0.29, 0.717) is 0 Å². The van der Waals surface area contributed by atoms with Gasteiger partial charge in [0, 0.05) is 9.50 Å². The van der Waals surface area contributed by atoms with Crippen LogP contribution in [0.5, 0.6) is 0 Å². The molecule has 0 radical (unpaired) electrons. The van der Waals surface area contributed by atoms with Crippen molar-refractivity contribution < 1.29 is 0 Å². The summed E-state index contributed by atoms with van der Waals surface area (Å²) in [5.74, 6) is 0. The largest absolute Gasteiger partial charge is 0.308 e. The number of hydrogen-bond donors (Lipinski definition) is 2. The summed E-state index contributed by atoms with van der Waals surface area (Å²) in [7, 11) is 0. The van der Waals surface area contributed by atoms with Crippen molar-refractivity contribution >= 4 is 27.5 Å². The molecule has 1 heterocycles. The van der Waals surface area contributed by atoms with Crippen LogP contribution in [0.4, 0.5) is 0 Å². The van der Waals surface area contributed by atoms with Gasteiger partial charge in [0.25, 0.3) is 0 Å². The lowest BCUT2D eigenvalue weighted by molar-refractivity contribution is 0.517. The molecule has 0 amide bonds. The van der Waals surface area contributed by atoms with Crippen molar-refractivity contribution in [1.29, 1.82) is 0 Å². The fourth-order valence-corrected chi connectivity index (χ4v) is 2.64. The topological polar surface area (TPSA) is 53.6 Å². The first-order valence-electron chi connectivity index (χ1n) is 6.23. The van der Waals surface area contributed by atoms with E-state index in [4.69, 9.17) is 11.6 Å². The average molecular weight is 344 g/mol. The Hall–Kier alpha value is -0.910. The standard InChI is InChI=1S/C13H16BrClN4/c1-2-5-16-12(13-8-17-19-18-13)6-9-3-4-10(14)7-11(9)15/h3-4,7-8,12,16H,2,5-6H2,1H3,(H,17,18,19). The molecule has 2 rings (SSSR count). The zero-order chi connectivity index (χ0) is 13.7. The third kappa shape index (κ3) is 4.03. The van der Waals surface area contributed by atoms with Crippen molar-refractivity contribution in [1.82, 2.24) is 20.7 Å². The summed E-state index contributed by atoms with van der Waals surface area (Å²) in [5, 5.41) is 14.9. The van der Waals surface area contributed by atoms with Gasteiger partial charge >= 0.3 is 0 Å². The zero-order valence-electron chi connectivity index (χ0n) is 10.7. The molecule has 0 fully saturated rings. The molecule has 0 aliphatic rings. The molecule has 1 unspecified atom stereocenters. The first kappa shape index (κ1) is 14.5. The molecular weight excluding hydrogens is 328 g/mol. The van der Waals surface area contributed by atoms with Gasteiger partial charge in [-0.05, 0) is 37.1 Å². The lowest BCUT2D eigenvalue weighted by atomic mass is 10.0. The minimum absolute atomic E-state index is 0.123. The lowest BCUT2D eigenvalue weighted by Gasteiger charge is -2.17. The van der Waals surface area contributed by atoms with Gasteiger partial charge < -0.3 is 5.32 Å². The monoisotopic (exact) mass is 342 g/mol. The SMILES string of the molecule is CCCNC(Cc1ccc(Br)cc1Cl)c1cn[nH]n1. The lowest BCUT2D eigenvalue weighted by Crippen LogP contribution is -2.24. The summed E-state index contributed by atoms with van der Waals surface area (Å²) in [5.41, 5.74) is 2.01. The second-order valence-electron chi connectivity index (χ2n) is 4.34. The third-order valence-electron chi connectivity index (χ3n) is 2.87. The quantitative estimate of drug-likeness (QED) is 0.844. The van der Waals surface area contributed by atoms with E-state index >= 15 is 0 Å². The Labute approximate surface area is 126 Å². The Kier molecular flexibility index (Phi) is 5.36. The highest BCUT2D eigenvalue weighted by atomic mass is 79.9. The molecule has 2 aromatic rings. The summed E-state index contributed by atoms with van der Waals surface area (Å²) in [4.78, 5) is 0. The van der Waals surface area contributed by atoms with E-state index in [1.807, 2.05) is 18.2 Å². The second kappa shape index (κ2) is 7.03. The smallest absolute Gasteiger partial charge is 0.0997 e. The highest BCUT2D eigenvalue weighted by Crippen LogP contribution is 2.25. The predicted octanol–water partition coefficient (Wildman–Crippen LogP) is 3.50. The number of rotatable bonds is 6. The van der Waals surface area contributed by atoms with E-state index in [-0.39, 0.29) is 6.04 Å². The van der Waals surface area contributed by atoms with Gasteiger partial charge in [0.05, 0.1) is 17.9 Å². The molecule has 2 N–H and O–H groups in total. The number of hydrogen-bond acceptors (Lipinski definition) is 3. The molecular formula is C13H16BrClN4. The summed E-state index contributed by atoms with van der Waals surface area (Å²) >= 11 is 9.68. The van der Waals surface area contributed by atoms with Crippen LogP contribution in [-0.2, 0) is 6.42 Å². The highest BCUT2D eigenvalue weighted by Gasteiger charge is 2.15. The second-order valence-corrected chi connectivity index (χ2v) is 5.66. The number of nitrogens with one attached hydrogen (secondary N) is 2. The van der Waals surface area contributed by atoms with Crippen molar-refractivity contribution in [2.75, 3.05) is 6.54 Å². The number of aromatic nitrogens is 3. The van der Waals surface area contributed by atoms with E-state index in [0.717, 1.165) is 40.1 Å². The van der Waals surface area contributed by atoms with Crippen LogP contribution in [0.15, 0.2) is 28.9 Å². The Morgan fingerprint density at radius 1 is 1.47 bits per heavy atom. The first-order valence-corrected chi connectivity index (χ1v) is 7.40. The molecule has 0 spiro atoms. The van der Waals surface area contributed by atoms with Crippen molar-refractivity contribution in [3.05, 3.63) is 45.1 Å². The van der Waals surface area contributed by atoms with Gasteiger partial charge in [0.2, 0.25) is 0 Å². The maximum Gasteiger partial charge on any atom is 0.0997 e. The Bertz CT molecular complexity index is 515. The summed E-state index contributed by atoms with van der Waals surface area (Å²) in [6, 6.07) is 6.07. The third-order valence-corrected chi connectivity index (χ3v) is 3.72. The molecule has 19 heavy (non-hydrogen) atoms. The molecule has 6 heteroatoms. The summed E-state index contributed by atoms with van der Waals surface area (Å²) in [6.45, 7) is 3.07. The molecule has 0 aliphatic heterocycles. The van der Waals surface area contributed by atoms with Crippen molar-refractivity contribution in [2.24, 2.45) is 0 Å². The van der Waals surface area contributed by atoms with E-state index in [2.05, 4.69) is 43.6 Å². The van der Waals surface area contributed by atoms with Gasteiger partial charge in [-0.15, -0.1) is 0 Å². The Morgan fingerprint density at radius 3 is 2.95 bits per heavy atom. The zero-order valence-corrected chi connectivity index (χ0v) is 13.0. The van der Waals surface area contributed by atoms with E-state index in [1.54, 1.807) is 6.20 Å². The van der Waals surface area contributed by atoms with Crippen LogP contribution in [-0.4, -0.2) is 22.0 Å². The van der Waals surface area contributed by atoms with Crippen LogP contribution < -0.4 is 5.32 Å². The average Bonchev–Trinajstić information content (AvgIpc) is 2.90. The maximum absolute atomic E-state index is 6.27. The van der Waals surface area contributed by atoms with Gasteiger partial charge in [-0.2, -0.15) is 15.4 Å². The van der Waals surface area contributed by atoms with Crippen LogP contribution in [0.2, 0.25) is 5.02 Å². The van der Waals surface area contributed by atoms with Crippen molar-refractivity contribution in [2.45, 2.75) is 25.8 Å². The minimum Gasteiger partial charge on any atom is -0.308 e. The number of nitrogens with zero attached hydrogens (tertiary/aromatic N) is 2. The molecule has 1 atom stereocenters. The van der Waals surface area contributed by atoms with Gasteiger partial charge in [-0.3, -0.25) is 0 Å². The molecule has 0 saturated heterocycles. The fourth-order valence-electron chi connectivity index (χ4n) is 1.89. The Balaban J connectivity index is 2.15. The van der Waals surface area contributed by atoms with Gasteiger partial charge in [0.1, 0.15) is 0 Å². The van der Waals surface area contributed by atoms with Crippen LogP contribution in [0.25, 0.3) is 0 Å². The molecule has 102 valence electrons. The molecule has 4 nitrogen and oxygen atoms in total. The van der Waals surface area contributed by atoms with Gasteiger partial charge in [-0.1, -0.05) is 40.5 Å². The minimum atomic E-state index is 0.123. The fraction of sp³-hybridized carbons (Fsp3) is 0.385. The van der Waals surface area contributed by atoms with Crippen LogP contribution in [0.3, 0.4) is 0 Å². The molecule has 1 aromatic heterocycles. The first-order chi connectivity index (χ1) is 9.20. The summed E-state index contributed by atoms with van der Waals surface area (Å²) < 4.78 is 0.987. The Morgan fingerprint density at radius 2 is 2.32 bits per heavy atom. The van der Waals surface area contributed by atoms with Crippen LogP contribution >= 0.6 is 27.5 Å². The molecule has 0 bridgehead atoms. The number of H-pyrrole nitrogens is 1. The molecule has 0 saturated carbocycles. The normalized spacial score (nSPS) is 12.6. The maximum atomic E-state index is 6.27. The number of aromatic amines is 1. The van der Waals surface area contributed by atoms with Crippen molar-refractivity contribution in [3.8, 4) is 0 Å². The van der Waals surface area contributed by atoms with Gasteiger partial charge in [-0.25, -0.2) is 0 Å². The highest BCUT2D eigenvalue weighted by molar-refractivity contribution is 9.10.